The molecule has 0 fully saturated rings. The van der Waals surface area contributed by atoms with Crippen LogP contribution in [0.3, 0.4) is 0 Å². The largest absolute Gasteiger partial charge is 0.364 e. The summed E-state index contributed by atoms with van der Waals surface area (Å²) in [5.74, 6) is -0.340. The maximum atomic E-state index is 11.9. The number of amides is 2. The van der Waals surface area contributed by atoms with Crippen LogP contribution in [-0.2, 0) is 4.79 Å². The number of hydrogen-bond acceptors (Lipinski definition) is 3. The molecule has 26 heavy (non-hydrogen) atoms. The molecule has 6 nitrogen and oxygen atoms in total. The number of hydrogen-bond donors (Lipinski definition) is 2. The lowest BCUT2D eigenvalue weighted by Gasteiger charge is -2.09. The van der Waals surface area contributed by atoms with E-state index in [-0.39, 0.29) is 5.91 Å². The Morgan fingerprint density at radius 2 is 1.96 bits per heavy atom. The number of nitrogens with one attached hydrogen (secondary N) is 1. The van der Waals surface area contributed by atoms with Crippen molar-refractivity contribution >= 4 is 29.2 Å². The molecule has 0 aliphatic rings. The third kappa shape index (κ3) is 3.45. The molecule has 0 bridgehead atoms. The van der Waals surface area contributed by atoms with Crippen LogP contribution in [0, 0.1) is 6.92 Å². The smallest absolute Gasteiger partial charge is 0.265 e. The molecule has 7 heteroatoms. The van der Waals surface area contributed by atoms with Gasteiger partial charge in [0.2, 0.25) is 5.91 Å². The standard InChI is InChI=1S/C19H17ClN4O2/c1-11-9-22-18(23-12(2)25)8-14(11)13-7-17(19(21)26)24(10-13)16-6-4-3-5-15(16)20/h3-10H,1-2H3,(H2,21,26)(H,22,23,25). The minimum Gasteiger partial charge on any atom is -0.364 e. The van der Waals surface area contributed by atoms with Gasteiger partial charge in [0.15, 0.2) is 0 Å². The molecule has 0 spiro atoms. The molecule has 0 unspecified atom stereocenters. The lowest BCUT2D eigenvalue weighted by Crippen LogP contribution is -2.15. The molecule has 0 aliphatic heterocycles. The summed E-state index contributed by atoms with van der Waals surface area (Å²) in [6.07, 6.45) is 3.46. The Morgan fingerprint density at radius 1 is 1.23 bits per heavy atom. The number of aromatic nitrogens is 2. The monoisotopic (exact) mass is 368 g/mol. The molecule has 0 radical (unpaired) electrons. The lowest BCUT2D eigenvalue weighted by molar-refractivity contribution is -0.114. The van der Waals surface area contributed by atoms with Crippen LogP contribution in [0.15, 0.2) is 48.8 Å². The second-order valence-corrected chi connectivity index (χ2v) is 6.27. The van der Waals surface area contributed by atoms with E-state index in [9.17, 15) is 9.59 Å². The van der Waals surface area contributed by atoms with E-state index in [1.165, 1.54) is 6.92 Å². The Bertz CT molecular complexity index is 1010. The summed E-state index contributed by atoms with van der Waals surface area (Å²) in [6.45, 7) is 3.32. The van der Waals surface area contributed by atoms with Gasteiger partial charge < -0.3 is 15.6 Å². The van der Waals surface area contributed by atoms with Gasteiger partial charge in [-0.15, -0.1) is 0 Å². The van der Waals surface area contributed by atoms with Crippen molar-refractivity contribution in [2.24, 2.45) is 5.73 Å². The van der Waals surface area contributed by atoms with Crippen molar-refractivity contribution in [1.29, 1.82) is 0 Å². The van der Waals surface area contributed by atoms with Crippen LogP contribution in [0.2, 0.25) is 5.02 Å². The number of pyridine rings is 1. The number of rotatable bonds is 4. The second-order valence-electron chi connectivity index (χ2n) is 5.87. The molecule has 3 rings (SSSR count). The molecule has 2 aromatic heterocycles. The van der Waals surface area contributed by atoms with E-state index in [0.29, 0.717) is 22.2 Å². The van der Waals surface area contributed by atoms with Crippen LogP contribution in [0.25, 0.3) is 16.8 Å². The number of anilines is 1. The number of carbonyl (C=O) groups excluding carboxylic acids is 2. The van der Waals surface area contributed by atoms with E-state index >= 15 is 0 Å². The second kappa shape index (κ2) is 7.01. The zero-order valence-corrected chi connectivity index (χ0v) is 15.0. The van der Waals surface area contributed by atoms with Crippen molar-refractivity contribution in [1.82, 2.24) is 9.55 Å². The SMILES string of the molecule is CC(=O)Nc1cc(-c2cc(C(N)=O)n(-c3ccccc3Cl)c2)c(C)cn1. The topological polar surface area (TPSA) is 90.0 Å². The van der Waals surface area contributed by atoms with Gasteiger partial charge in [-0.05, 0) is 42.3 Å². The van der Waals surface area contributed by atoms with Crippen LogP contribution in [0.4, 0.5) is 5.82 Å². The first-order chi connectivity index (χ1) is 12.4. The highest BCUT2D eigenvalue weighted by Crippen LogP contribution is 2.30. The van der Waals surface area contributed by atoms with Crippen molar-refractivity contribution < 1.29 is 9.59 Å². The number of aryl methyl sites for hydroxylation is 1. The first-order valence-corrected chi connectivity index (χ1v) is 8.26. The number of benzene rings is 1. The van der Waals surface area contributed by atoms with Crippen molar-refractivity contribution in [3.05, 3.63) is 65.1 Å². The molecule has 0 saturated carbocycles. The van der Waals surface area contributed by atoms with E-state index in [1.807, 2.05) is 19.1 Å². The molecule has 2 amide bonds. The summed E-state index contributed by atoms with van der Waals surface area (Å²) in [7, 11) is 0. The maximum absolute atomic E-state index is 11.9. The molecule has 0 aliphatic carbocycles. The first-order valence-electron chi connectivity index (χ1n) is 7.88. The number of nitrogens with zero attached hydrogens (tertiary/aromatic N) is 2. The number of nitrogens with two attached hydrogens (primary N) is 1. The zero-order valence-electron chi connectivity index (χ0n) is 14.3. The van der Waals surface area contributed by atoms with Gasteiger partial charge in [0.1, 0.15) is 11.5 Å². The lowest BCUT2D eigenvalue weighted by atomic mass is 10.1. The Kier molecular flexibility index (Phi) is 4.77. The fourth-order valence-corrected chi connectivity index (χ4v) is 2.96. The normalized spacial score (nSPS) is 10.6. The molecule has 2 heterocycles. The van der Waals surface area contributed by atoms with E-state index in [1.54, 1.807) is 41.2 Å². The molecule has 132 valence electrons. The van der Waals surface area contributed by atoms with Gasteiger partial charge in [0.05, 0.1) is 10.7 Å². The van der Waals surface area contributed by atoms with Crippen molar-refractivity contribution in [3.8, 4) is 16.8 Å². The van der Waals surface area contributed by atoms with E-state index in [2.05, 4.69) is 10.3 Å². The number of halogens is 1. The quantitative estimate of drug-likeness (QED) is 0.737. The Hall–Kier alpha value is -3.12. The number of primary amides is 1. The van der Waals surface area contributed by atoms with Crippen LogP contribution in [-0.4, -0.2) is 21.4 Å². The van der Waals surface area contributed by atoms with Crippen LogP contribution in [0.5, 0.6) is 0 Å². The maximum Gasteiger partial charge on any atom is 0.265 e. The van der Waals surface area contributed by atoms with Gasteiger partial charge in [-0.3, -0.25) is 9.59 Å². The average molecular weight is 369 g/mol. The third-order valence-corrected chi connectivity index (χ3v) is 4.22. The molecule has 0 atom stereocenters. The van der Waals surface area contributed by atoms with Gasteiger partial charge in [-0.25, -0.2) is 4.98 Å². The molecular formula is C19H17ClN4O2. The van der Waals surface area contributed by atoms with Crippen molar-refractivity contribution in [3.63, 3.8) is 0 Å². The molecule has 3 aromatic rings. The Labute approximate surface area is 155 Å². The van der Waals surface area contributed by atoms with E-state index < -0.39 is 5.91 Å². The van der Waals surface area contributed by atoms with Crippen LogP contribution in [0.1, 0.15) is 23.0 Å². The molecule has 0 saturated heterocycles. The highest BCUT2D eigenvalue weighted by Gasteiger charge is 2.16. The van der Waals surface area contributed by atoms with Gasteiger partial charge in [0, 0.05) is 24.9 Å². The summed E-state index contributed by atoms with van der Waals surface area (Å²) in [6, 6.07) is 10.7. The first kappa shape index (κ1) is 17.7. The number of para-hydroxylation sites is 1. The summed E-state index contributed by atoms with van der Waals surface area (Å²) in [4.78, 5) is 27.4. The fraction of sp³-hybridized carbons (Fsp3) is 0.105. The highest BCUT2D eigenvalue weighted by molar-refractivity contribution is 6.32. The van der Waals surface area contributed by atoms with Gasteiger partial charge in [-0.2, -0.15) is 0 Å². The van der Waals surface area contributed by atoms with E-state index in [4.69, 9.17) is 17.3 Å². The van der Waals surface area contributed by atoms with Crippen LogP contribution >= 0.6 is 11.6 Å². The molecular weight excluding hydrogens is 352 g/mol. The van der Waals surface area contributed by atoms with Gasteiger partial charge in [0.25, 0.3) is 5.91 Å². The summed E-state index contributed by atoms with van der Waals surface area (Å²) in [5, 5.41) is 3.16. The van der Waals surface area contributed by atoms with Crippen LogP contribution < -0.4 is 11.1 Å². The number of carbonyl (C=O) groups is 2. The summed E-state index contributed by atoms with van der Waals surface area (Å²) >= 11 is 6.27. The van der Waals surface area contributed by atoms with Crippen molar-refractivity contribution in [2.45, 2.75) is 13.8 Å². The predicted octanol–water partition coefficient (Wildman–Crippen LogP) is 3.56. The Balaban J connectivity index is 2.16. The minimum atomic E-state index is -0.565. The van der Waals surface area contributed by atoms with Gasteiger partial charge in [-0.1, -0.05) is 23.7 Å². The zero-order chi connectivity index (χ0) is 18.8. The molecule has 1 aromatic carbocycles. The molecule has 3 N–H and O–H groups in total. The van der Waals surface area contributed by atoms with Gasteiger partial charge >= 0.3 is 0 Å². The average Bonchev–Trinajstić information content (AvgIpc) is 3.01. The summed E-state index contributed by atoms with van der Waals surface area (Å²) in [5.41, 5.74) is 9.02. The van der Waals surface area contributed by atoms with E-state index in [0.717, 1.165) is 16.7 Å². The highest BCUT2D eigenvalue weighted by atomic mass is 35.5. The predicted molar refractivity (Wildman–Crippen MR) is 102 cm³/mol. The third-order valence-electron chi connectivity index (χ3n) is 3.90. The van der Waals surface area contributed by atoms with Crippen molar-refractivity contribution in [2.75, 3.05) is 5.32 Å². The summed E-state index contributed by atoms with van der Waals surface area (Å²) < 4.78 is 1.66. The Morgan fingerprint density at radius 3 is 2.62 bits per heavy atom. The minimum absolute atomic E-state index is 0.209. The fourth-order valence-electron chi connectivity index (χ4n) is 2.73.